The average molecular weight is 1060 g/mol. The lowest BCUT2D eigenvalue weighted by atomic mass is 10.00. The van der Waals surface area contributed by atoms with Crippen molar-refractivity contribution < 1.29 is 45.4 Å². The van der Waals surface area contributed by atoms with Crippen LogP contribution in [0.2, 0.25) is 0 Å². The SMILES string of the molecule is Cc1ccc(NC(=O)N2CC[C@@H](CC(F)(F)F)C2)cc1-c1cc(N2CCOCC2)nc(N2CC[C@H](C)C2)c1.Cc1ccc(NC(=O)N2CC[C@@H](CC(F)(F)F)C2)cc1-c1cc(N2CCOCC2)nc(N2CC[C@H](N)C2)c1. The first-order chi connectivity index (χ1) is 36.3. The molecule has 0 unspecified atom stereocenters. The number of benzene rings is 2. The van der Waals surface area contributed by atoms with Gasteiger partial charge in [-0.05, 0) is 139 Å². The zero-order valence-electron chi connectivity index (χ0n) is 43.7. The molecule has 2 aromatic heterocycles. The highest BCUT2D eigenvalue weighted by molar-refractivity contribution is 5.92. The molecule has 15 nitrogen and oxygen atoms in total. The smallest absolute Gasteiger partial charge is 0.378 e. The number of pyridine rings is 2. The lowest BCUT2D eigenvalue weighted by molar-refractivity contribution is -0.144. The lowest BCUT2D eigenvalue weighted by Gasteiger charge is -2.29. The van der Waals surface area contributed by atoms with E-state index in [2.05, 4.69) is 61.4 Å². The van der Waals surface area contributed by atoms with E-state index < -0.39 is 37.0 Å². The standard InChI is InChI=1S/C28H36F3N5O2.C27H35F3N6O2/c1-19-5-7-35(17-19)26-14-22(13-25(33-26)34-9-11-38-12-10-34)24-15-23(4-3-20(24)2)32-27(37)36-8-6-21(18-36)16-28(29,30)31;1-18-2-3-22(32-26(37)36-6-4-19(16-36)15-27(28,29)30)14-23(18)20-12-24(34-8-10-38-11-9-34)33-25(13-20)35-7-5-21(31)17-35/h3-4,13-15,19,21H,5-12,16-18H2,1-2H3,(H,32,37);2-3,12-14,19,21H,4-11,15-17,31H2,1H3,(H,32,37)/t2*19-,21-/m00/s1. The van der Waals surface area contributed by atoms with Gasteiger partial charge in [-0.2, -0.15) is 26.3 Å². The Labute approximate surface area is 441 Å². The molecule has 2 aromatic carbocycles. The minimum absolute atomic E-state index is 0.110. The number of hydrogen-bond donors (Lipinski definition) is 3. The van der Waals surface area contributed by atoms with Crippen LogP contribution in [-0.4, -0.2) is 155 Å². The Morgan fingerprint density at radius 3 is 1.34 bits per heavy atom. The van der Waals surface area contributed by atoms with Crippen LogP contribution in [0.15, 0.2) is 60.7 Å². The normalized spacial score (nSPS) is 22.3. The number of anilines is 6. The van der Waals surface area contributed by atoms with E-state index in [1.54, 1.807) is 0 Å². The fourth-order valence-electron chi connectivity index (χ4n) is 11.1. The van der Waals surface area contributed by atoms with Crippen molar-refractivity contribution in [2.45, 2.75) is 77.7 Å². The molecule has 0 bridgehead atoms. The largest absolute Gasteiger partial charge is 0.389 e. The van der Waals surface area contributed by atoms with Gasteiger partial charge in [0, 0.05) is 109 Å². The third kappa shape index (κ3) is 14.3. The zero-order chi connectivity index (χ0) is 53.7. The van der Waals surface area contributed by atoms with Gasteiger partial charge in [-0.25, -0.2) is 19.6 Å². The van der Waals surface area contributed by atoms with Crippen LogP contribution >= 0.6 is 0 Å². The van der Waals surface area contributed by atoms with Crippen molar-refractivity contribution in [2.75, 3.05) is 135 Å². The summed E-state index contributed by atoms with van der Waals surface area (Å²) in [5.41, 5.74) is 13.5. The summed E-state index contributed by atoms with van der Waals surface area (Å²) in [5.74, 6) is 3.14. The minimum Gasteiger partial charge on any atom is -0.378 e. The number of rotatable bonds is 10. The number of morpholine rings is 2. The number of nitrogens with two attached hydrogens (primary N) is 1. The second-order valence-electron chi connectivity index (χ2n) is 21.4. The molecular weight excluding hydrogens is 993 g/mol. The number of hydrogen-bond acceptors (Lipinski definition) is 11. The number of ether oxygens (including phenoxy) is 2. The van der Waals surface area contributed by atoms with Gasteiger partial charge in [-0.3, -0.25) is 0 Å². The lowest BCUT2D eigenvalue weighted by Crippen LogP contribution is -2.37. The first-order valence-electron chi connectivity index (χ1n) is 26.7. The van der Waals surface area contributed by atoms with Crippen molar-refractivity contribution in [1.82, 2.24) is 19.8 Å². The van der Waals surface area contributed by atoms with Crippen molar-refractivity contribution in [3.63, 3.8) is 0 Å². The number of carbonyl (C=O) groups is 2. The summed E-state index contributed by atoms with van der Waals surface area (Å²) >= 11 is 0. The van der Waals surface area contributed by atoms with Crippen LogP contribution in [0, 0.1) is 31.6 Å². The molecule has 4 atom stereocenters. The molecule has 10 rings (SSSR count). The van der Waals surface area contributed by atoms with E-state index in [1.165, 1.54) is 9.80 Å². The van der Waals surface area contributed by atoms with Crippen LogP contribution in [0.5, 0.6) is 0 Å². The van der Waals surface area contributed by atoms with Gasteiger partial charge in [0.05, 0.1) is 26.4 Å². The molecule has 6 aliphatic heterocycles. The molecule has 0 aliphatic carbocycles. The first kappa shape index (κ1) is 54.7. The van der Waals surface area contributed by atoms with Gasteiger partial charge in [0.25, 0.3) is 0 Å². The molecule has 0 spiro atoms. The second-order valence-corrected chi connectivity index (χ2v) is 21.4. The van der Waals surface area contributed by atoms with E-state index >= 15 is 0 Å². The number of halogens is 6. The van der Waals surface area contributed by atoms with Gasteiger partial charge in [-0.15, -0.1) is 0 Å². The molecule has 0 radical (unpaired) electrons. The van der Waals surface area contributed by atoms with E-state index in [-0.39, 0.29) is 31.2 Å². The first-order valence-corrected chi connectivity index (χ1v) is 26.7. The number of aromatic nitrogens is 2. The van der Waals surface area contributed by atoms with Gasteiger partial charge < -0.3 is 55.2 Å². The Morgan fingerprint density at radius 1 is 0.553 bits per heavy atom. The number of nitrogens with one attached hydrogen (secondary N) is 2. The molecular formula is C55H71F6N11O4. The van der Waals surface area contributed by atoms with Gasteiger partial charge in [0.2, 0.25) is 0 Å². The number of aryl methyl sites for hydroxylation is 2. The molecule has 6 fully saturated rings. The molecule has 6 aliphatic rings. The highest BCUT2D eigenvalue weighted by Crippen LogP contribution is 2.37. The summed E-state index contributed by atoms with van der Waals surface area (Å²) in [6, 6.07) is 19.2. The quantitative estimate of drug-likeness (QED) is 0.131. The van der Waals surface area contributed by atoms with Crippen molar-refractivity contribution in [2.24, 2.45) is 23.5 Å². The van der Waals surface area contributed by atoms with Crippen LogP contribution in [0.25, 0.3) is 22.3 Å². The summed E-state index contributed by atoms with van der Waals surface area (Å²) in [7, 11) is 0. The Hall–Kier alpha value is -6.06. The Balaban J connectivity index is 0.000000186. The van der Waals surface area contributed by atoms with Crippen molar-refractivity contribution >= 4 is 46.7 Å². The molecule has 8 heterocycles. The third-order valence-electron chi connectivity index (χ3n) is 15.3. The number of nitrogens with zero attached hydrogens (tertiary/aromatic N) is 8. The highest BCUT2D eigenvalue weighted by atomic mass is 19.4. The molecule has 4 N–H and O–H groups in total. The molecule has 412 valence electrons. The number of likely N-dealkylation sites (tertiary alicyclic amines) is 2. The molecule has 0 saturated carbocycles. The van der Waals surface area contributed by atoms with E-state index in [9.17, 15) is 35.9 Å². The summed E-state index contributed by atoms with van der Waals surface area (Å²) in [5, 5.41) is 5.81. The molecule has 6 saturated heterocycles. The summed E-state index contributed by atoms with van der Waals surface area (Å²) in [6.07, 6.45) is -7.35. The van der Waals surface area contributed by atoms with Crippen LogP contribution in [-0.2, 0) is 9.47 Å². The maximum Gasteiger partial charge on any atom is 0.389 e. The predicted octanol–water partition coefficient (Wildman–Crippen LogP) is 9.78. The van der Waals surface area contributed by atoms with E-state index in [0.717, 1.165) is 122 Å². The molecule has 4 amide bonds. The summed E-state index contributed by atoms with van der Waals surface area (Å²) in [6.45, 7) is 16.5. The molecule has 76 heavy (non-hydrogen) atoms. The maximum absolute atomic E-state index is 12.9. The minimum atomic E-state index is -4.22. The van der Waals surface area contributed by atoms with Crippen molar-refractivity contribution in [3.8, 4) is 22.3 Å². The summed E-state index contributed by atoms with van der Waals surface area (Å²) < 4.78 is 87.8. The van der Waals surface area contributed by atoms with E-state index in [4.69, 9.17) is 25.2 Å². The van der Waals surface area contributed by atoms with Crippen LogP contribution in [0.1, 0.15) is 56.6 Å². The van der Waals surface area contributed by atoms with Crippen molar-refractivity contribution in [1.29, 1.82) is 0 Å². The number of amides is 4. The maximum atomic E-state index is 12.9. The Morgan fingerprint density at radius 2 is 0.961 bits per heavy atom. The van der Waals surface area contributed by atoms with Crippen LogP contribution in [0.3, 0.4) is 0 Å². The predicted molar refractivity (Wildman–Crippen MR) is 284 cm³/mol. The monoisotopic (exact) mass is 1060 g/mol. The van der Waals surface area contributed by atoms with Gasteiger partial charge in [-0.1, -0.05) is 19.1 Å². The molecule has 4 aromatic rings. The van der Waals surface area contributed by atoms with E-state index in [1.807, 2.05) is 50.2 Å². The highest BCUT2D eigenvalue weighted by Gasteiger charge is 2.38. The number of alkyl halides is 6. The van der Waals surface area contributed by atoms with Crippen molar-refractivity contribution in [3.05, 3.63) is 71.8 Å². The van der Waals surface area contributed by atoms with Gasteiger partial charge in [0.15, 0.2) is 0 Å². The Kier molecular flexibility index (Phi) is 17.0. The van der Waals surface area contributed by atoms with Gasteiger partial charge in [0.1, 0.15) is 23.3 Å². The fourth-order valence-corrected chi connectivity index (χ4v) is 11.1. The number of urea groups is 2. The summed E-state index contributed by atoms with van der Waals surface area (Å²) in [4.78, 5) is 47.7. The Bertz CT molecular complexity index is 2440. The van der Waals surface area contributed by atoms with Crippen LogP contribution < -0.4 is 36.0 Å². The fraction of sp³-hybridized carbons (Fsp3) is 0.564. The zero-order valence-corrected chi connectivity index (χ0v) is 43.7. The number of carbonyl (C=O) groups excluding carboxylic acids is 2. The topological polar surface area (TPSA) is 148 Å². The van der Waals surface area contributed by atoms with E-state index in [0.29, 0.717) is 69.7 Å². The second kappa shape index (κ2) is 23.7. The molecule has 21 heteroatoms. The van der Waals surface area contributed by atoms with Crippen LogP contribution in [0.4, 0.5) is 70.6 Å². The average Bonchev–Trinajstić information content (AvgIpc) is 4.24. The van der Waals surface area contributed by atoms with Gasteiger partial charge >= 0.3 is 24.4 Å². The third-order valence-corrected chi connectivity index (χ3v) is 15.3.